The lowest BCUT2D eigenvalue weighted by molar-refractivity contribution is -0.349. The molecule has 0 atom stereocenters. The van der Waals surface area contributed by atoms with E-state index in [0.717, 1.165) is 16.7 Å². The lowest BCUT2D eigenvalue weighted by atomic mass is 10.0. The number of hydrogen-bond acceptors (Lipinski definition) is 3. The molecule has 23 heavy (non-hydrogen) atoms. The Bertz CT molecular complexity index is 955. The maximum Gasteiger partial charge on any atom is 0.415 e. The molecule has 3 rings (SSSR count). The number of ether oxygens (including phenoxy) is 1. The second-order valence-electron chi connectivity index (χ2n) is 5.38. The molecule has 2 aromatic heterocycles. The van der Waals surface area contributed by atoms with Gasteiger partial charge in [-0.15, -0.1) is 0 Å². The molecular weight excluding hydrogens is 294 g/mol. The molecular formula is C17H18N3O3+. The average molecular weight is 312 g/mol. The van der Waals surface area contributed by atoms with E-state index < -0.39 is 11.2 Å². The van der Waals surface area contributed by atoms with Crippen molar-refractivity contribution in [2.24, 2.45) is 0 Å². The Balaban J connectivity index is 2.31. The minimum absolute atomic E-state index is 0.358. The summed E-state index contributed by atoms with van der Waals surface area (Å²) in [7, 11) is 1.57. The highest BCUT2D eigenvalue weighted by Crippen LogP contribution is 2.23. The number of hydrogen-bond donors (Lipinski definition) is 1. The Morgan fingerprint density at radius 3 is 2.61 bits per heavy atom. The summed E-state index contributed by atoms with van der Waals surface area (Å²) in [5.74, 6) is 0. The first-order valence-electron chi connectivity index (χ1n) is 7.35. The van der Waals surface area contributed by atoms with E-state index in [2.05, 4.69) is 9.97 Å². The molecule has 0 amide bonds. The van der Waals surface area contributed by atoms with E-state index in [1.807, 2.05) is 37.3 Å². The van der Waals surface area contributed by atoms with E-state index >= 15 is 0 Å². The van der Waals surface area contributed by atoms with Gasteiger partial charge in [0.15, 0.2) is 0 Å². The van der Waals surface area contributed by atoms with Gasteiger partial charge in [-0.05, 0) is 18.6 Å². The maximum absolute atomic E-state index is 12.4. The molecule has 0 aliphatic heterocycles. The van der Waals surface area contributed by atoms with Gasteiger partial charge in [0.1, 0.15) is 11.9 Å². The molecule has 6 nitrogen and oxygen atoms in total. The van der Waals surface area contributed by atoms with Crippen LogP contribution in [0.1, 0.15) is 5.56 Å². The maximum atomic E-state index is 12.4. The number of aryl methyl sites for hydroxylation is 1. The number of H-pyrrole nitrogens is 2. The van der Waals surface area contributed by atoms with Crippen molar-refractivity contribution in [1.29, 1.82) is 0 Å². The summed E-state index contributed by atoms with van der Waals surface area (Å²) in [4.78, 5) is 29.9. The van der Waals surface area contributed by atoms with Gasteiger partial charge in [-0.3, -0.25) is 9.78 Å². The summed E-state index contributed by atoms with van der Waals surface area (Å²) < 4.78 is 6.53. The summed E-state index contributed by atoms with van der Waals surface area (Å²) >= 11 is 0. The Labute approximate surface area is 132 Å². The summed E-state index contributed by atoms with van der Waals surface area (Å²) in [5.41, 5.74) is 2.51. The zero-order chi connectivity index (χ0) is 16.4. The van der Waals surface area contributed by atoms with Crippen LogP contribution in [0.25, 0.3) is 22.2 Å². The molecule has 6 heteroatoms. The predicted molar refractivity (Wildman–Crippen MR) is 87.4 cm³/mol. The first-order chi connectivity index (χ1) is 11.1. The zero-order valence-electron chi connectivity index (χ0n) is 13.1. The molecule has 0 radical (unpaired) electrons. The van der Waals surface area contributed by atoms with E-state index in [-0.39, 0.29) is 0 Å². The van der Waals surface area contributed by atoms with Gasteiger partial charge in [0.05, 0.1) is 12.8 Å². The van der Waals surface area contributed by atoms with Gasteiger partial charge in [0.25, 0.3) is 11.2 Å². The molecule has 0 saturated heterocycles. The third kappa shape index (κ3) is 2.80. The molecule has 0 saturated carbocycles. The molecule has 0 aliphatic rings. The first kappa shape index (κ1) is 15.2. The van der Waals surface area contributed by atoms with Gasteiger partial charge in [-0.25, -0.2) is 9.78 Å². The second-order valence-corrected chi connectivity index (χ2v) is 5.38. The topological polar surface area (TPSA) is 78.2 Å². The van der Waals surface area contributed by atoms with Gasteiger partial charge < -0.3 is 4.74 Å². The van der Waals surface area contributed by atoms with Gasteiger partial charge in [0, 0.05) is 12.7 Å². The van der Waals surface area contributed by atoms with E-state index in [1.54, 1.807) is 13.3 Å². The van der Waals surface area contributed by atoms with E-state index in [0.29, 0.717) is 24.2 Å². The van der Waals surface area contributed by atoms with E-state index in [1.165, 1.54) is 4.57 Å². The number of methoxy groups -OCH3 is 1. The first-order valence-corrected chi connectivity index (χ1v) is 7.35. The normalized spacial score (nSPS) is 11.0. The fraction of sp³-hybridized carbons (Fsp3) is 0.235. The van der Waals surface area contributed by atoms with E-state index in [9.17, 15) is 9.59 Å². The zero-order valence-corrected chi connectivity index (χ0v) is 13.1. The highest BCUT2D eigenvalue weighted by Gasteiger charge is 2.18. The largest absolute Gasteiger partial charge is 0.415 e. The summed E-state index contributed by atoms with van der Waals surface area (Å²) in [6, 6.07) is 9.76. The molecule has 0 aliphatic carbocycles. The fourth-order valence-corrected chi connectivity index (χ4v) is 2.63. The number of nitrogens with one attached hydrogen (secondary N) is 2. The molecule has 2 N–H and O–H groups in total. The summed E-state index contributed by atoms with van der Waals surface area (Å²) in [5, 5.41) is 0.465. The van der Waals surface area contributed by atoms with Crippen LogP contribution in [-0.4, -0.2) is 23.3 Å². The Kier molecular flexibility index (Phi) is 4.08. The predicted octanol–water partition coefficient (Wildman–Crippen LogP) is 1.13. The molecule has 2 heterocycles. The van der Waals surface area contributed by atoms with Crippen molar-refractivity contribution in [1.82, 2.24) is 9.55 Å². The number of rotatable bonds is 4. The highest BCUT2D eigenvalue weighted by atomic mass is 16.5. The van der Waals surface area contributed by atoms with E-state index in [4.69, 9.17) is 4.74 Å². The monoisotopic (exact) mass is 312 g/mol. The van der Waals surface area contributed by atoms with Crippen LogP contribution in [0.15, 0.2) is 46.1 Å². The average Bonchev–Trinajstić information content (AvgIpc) is 2.55. The van der Waals surface area contributed by atoms with Crippen LogP contribution >= 0.6 is 0 Å². The number of aromatic nitrogens is 3. The van der Waals surface area contributed by atoms with Crippen LogP contribution in [0, 0.1) is 6.92 Å². The molecule has 3 aromatic rings. The SMILES string of the molecule is COCCn1c(=O)[nH]c(=O)c2c(-c3ccc(C)cc3)cc[nH+]c21. The summed E-state index contributed by atoms with van der Waals surface area (Å²) in [6.45, 7) is 2.75. The molecule has 0 fully saturated rings. The van der Waals surface area contributed by atoms with Crippen LogP contribution in [0.2, 0.25) is 0 Å². The minimum Gasteiger partial charge on any atom is -0.381 e. The van der Waals surface area contributed by atoms with Crippen LogP contribution in [0.4, 0.5) is 0 Å². The van der Waals surface area contributed by atoms with Crippen molar-refractivity contribution in [3.8, 4) is 11.1 Å². The fourth-order valence-electron chi connectivity index (χ4n) is 2.63. The molecule has 0 spiro atoms. The van der Waals surface area contributed by atoms with Crippen LogP contribution in [0.3, 0.4) is 0 Å². The van der Waals surface area contributed by atoms with Gasteiger partial charge in [-0.2, -0.15) is 4.57 Å². The second kappa shape index (κ2) is 6.18. The van der Waals surface area contributed by atoms with Crippen molar-refractivity contribution in [2.75, 3.05) is 13.7 Å². The minimum atomic E-state index is -0.447. The summed E-state index contributed by atoms with van der Waals surface area (Å²) in [6.07, 6.45) is 1.74. The Morgan fingerprint density at radius 2 is 1.91 bits per heavy atom. The third-order valence-electron chi connectivity index (χ3n) is 3.82. The van der Waals surface area contributed by atoms with Gasteiger partial charge >= 0.3 is 5.69 Å². The van der Waals surface area contributed by atoms with Crippen molar-refractivity contribution < 1.29 is 9.72 Å². The van der Waals surface area contributed by atoms with Gasteiger partial charge in [-0.1, -0.05) is 29.8 Å². The lowest BCUT2D eigenvalue weighted by Gasteiger charge is -2.06. The highest BCUT2D eigenvalue weighted by molar-refractivity contribution is 5.90. The van der Waals surface area contributed by atoms with Crippen molar-refractivity contribution in [3.05, 3.63) is 62.9 Å². The quantitative estimate of drug-likeness (QED) is 0.784. The molecule has 0 unspecified atom stereocenters. The van der Waals surface area contributed by atoms with Crippen molar-refractivity contribution in [3.63, 3.8) is 0 Å². The van der Waals surface area contributed by atoms with Crippen LogP contribution in [0.5, 0.6) is 0 Å². The smallest absolute Gasteiger partial charge is 0.381 e. The number of aromatic amines is 2. The lowest BCUT2D eigenvalue weighted by Crippen LogP contribution is -2.34. The van der Waals surface area contributed by atoms with Crippen LogP contribution < -0.4 is 16.2 Å². The number of benzene rings is 1. The standard InChI is InChI=1S/C17H17N3O3/c1-11-3-5-12(6-4-11)13-7-8-18-15-14(13)16(21)19-17(22)20(15)9-10-23-2/h3-8H,9-10H2,1-2H3,(H,19,21,22)/p+1. The molecule has 1 aromatic carbocycles. The van der Waals surface area contributed by atoms with Crippen molar-refractivity contribution >= 4 is 11.0 Å². The third-order valence-corrected chi connectivity index (χ3v) is 3.82. The van der Waals surface area contributed by atoms with Crippen molar-refractivity contribution in [2.45, 2.75) is 13.5 Å². The Hall–Kier alpha value is -2.73. The van der Waals surface area contributed by atoms with Crippen LogP contribution in [-0.2, 0) is 11.3 Å². The Morgan fingerprint density at radius 1 is 1.17 bits per heavy atom. The number of pyridine rings is 1. The molecule has 118 valence electrons. The van der Waals surface area contributed by atoms with Gasteiger partial charge in [0.2, 0.25) is 0 Å². The number of nitrogens with zero attached hydrogens (tertiary/aromatic N) is 1. The number of fused-ring (bicyclic) bond motifs is 1. The molecule has 0 bridgehead atoms.